The van der Waals surface area contributed by atoms with E-state index in [-0.39, 0.29) is 12.6 Å². The second-order valence-corrected chi connectivity index (χ2v) is 6.91. The first-order chi connectivity index (χ1) is 10.6. The fourth-order valence-electron chi connectivity index (χ4n) is 2.64. The Balaban J connectivity index is 1.72. The molecule has 0 bridgehead atoms. The zero-order valence-corrected chi connectivity index (χ0v) is 13.1. The number of aryl methyl sites for hydroxylation is 1. The number of hydrogen-bond acceptors (Lipinski definition) is 5. The highest BCUT2D eigenvalue weighted by atomic mass is 32.2. The summed E-state index contributed by atoms with van der Waals surface area (Å²) in [6.45, 7) is 2.40. The number of rotatable bonds is 5. The van der Waals surface area contributed by atoms with Crippen LogP contribution < -0.4 is 4.72 Å². The summed E-state index contributed by atoms with van der Waals surface area (Å²) in [5, 5.41) is 0. The summed E-state index contributed by atoms with van der Waals surface area (Å²) in [5.41, 5.74) is 0.643. The Bertz CT molecular complexity index is 730. The number of furan rings is 1. The van der Waals surface area contributed by atoms with Crippen molar-refractivity contribution in [1.82, 2.24) is 19.0 Å². The van der Waals surface area contributed by atoms with E-state index in [0.717, 1.165) is 12.8 Å². The molecule has 0 spiro atoms. The fraction of sp³-hybridized carbons (Fsp3) is 0.429. The van der Waals surface area contributed by atoms with Crippen molar-refractivity contribution < 1.29 is 12.8 Å². The van der Waals surface area contributed by atoms with Gasteiger partial charge in [-0.25, -0.2) is 9.97 Å². The first-order valence-electron chi connectivity index (χ1n) is 7.14. The molecule has 7 nitrogen and oxygen atoms in total. The Morgan fingerprint density at radius 1 is 1.45 bits per heavy atom. The van der Waals surface area contributed by atoms with Crippen LogP contribution in [0.3, 0.4) is 0 Å². The molecule has 1 aliphatic heterocycles. The lowest BCUT2D eigenvalue weighted by atomic mass is 10.2. The van der Waals surface area contributed by atoms with Crippen molar-refractivity contribution in [3.05, 3.63) is 47.9 Å². The maximum Gasteiger partial charge on any atom is 0.280 e. The van der Waals surface area contributed by atoms with E-state index in [0.29, 0.717) is 23.8 Å². The van der Waals surface area contributed by atoms with Gasteiger partial charge in [-0.1, -0.05) is 0 Å². The lowest BCUT2D eigenvalue weighted by Crippen LogP contribution is -2.40. The standard InChI is InChI=1S/C14H18N4O3S/c1-11-15-7-6-12(17-11)10-16-22(19,20)18-8-2-4-13(18)14-5-3-9-21-14/h3,5-7,9,13,16H,2,4,8,10H2,1H3. The zero-order valence-electron chi connectivity index (χ0n) is 12.3. The SMILES string of the molecule is Cc1nccc(CNS(=O)(=O)N2CCCC2c2ccco2)n1. The van der Waals surface area contributed by atoms with E-state index in [1.165, 1.54) is 4.31 Å². The molecule has 1 N–H and O–H groups in total. The molecule has 3 rings (SSSR count). The van der Waals surface area contributed by atoms with Gasteiger partial charge in [0.05, 0.1) is 24.5 Å². The molecule has 3 heterocycles. The zero-order chi connectivity index (χ0) is 15.6. The topological polar surface area (TPSA) is 88.3 Å². The van der Waals surface area contributed by atoms with Gasteiger partial charge in [0.2, 0.25) is 0 Å². The third kappa shape index (κ3) is 3.18. The van der Waals surface area contributed by atoms with Gasteiger partial charge in [0.15, 0.2) is 0 Å². The average molecular weight is 322 g/mol. The van der Waals surface area contributed by atoms with Gasteiger partial charge in [0, 0.05) is 12.7 Å². The van der Waals surface area contributed by atoms with Crippen molar-refractivity contribution in [3.8, 4) is 0 Å². The predicted molar refractivity (Wildman–Crippen MR) is 79.9 cm³/mol. The largest absolute Gasteiger partial charge is 0.468 e. The molecule has 0 saturated carbocycles. The van der Waals surface area contributed by atoms with Crippen molar-refractivity contribution in [2.24, 2.45) is 0 Å². The van der Waals surface area contributed by atoms with Gasteiger partial charge in [0.25, 0.3) is 10.2 Å². The van der Waals surface area contributed by atoms with E-state index >= 15 is 0 Å². The van der Waals surface area contributed by atoms with Crippen LogP contribution in [-0.2, 0) is 16.8 Å². The van der Waals surface area contributed by atoms with Crippen molar-refractivity contribution >= 4 is 10.2 Å². The number of hydrogen-bond donors (Lipinski definition) is 1. The second kappa shape index (κ2) is 6.15. The Labute approximate surface area is 129 Å². The molecular formula is C14H18N4O3S. The van der Waals surface area contributed by atoms with Crippen LogP contribution in [0.5, 0.6) is 0 Å². The molecule has 118 valence electrons. The highest BCUT2D eigenvalue weighted by Gasteiger charge is 2.36. The van der Waals surface area contributed by atoms with Crippen LogP contribution in [0.4, 0.5) is 0 Å². The highest BCUT2D eigenvalue weighted by Crippen LogP contribution is 2.33. The van der Waals surface area contributed by atoms with Gasteiger partial charge in [-0.05, 0) is 38.0 Å². The molecule has 0 amide bonds. The van der Waals surface area contributed by atoms with E-state index in [1.54, 1.807) is 31.5 Å². The molecule has 2 aromatic rings. The second-order valence-electron chi connectivity index (χ2n) is 5.21. The van der Waals surface area contributed by atoms with Gasteiger partial charge in [-0.15, -0.1) is 0 Å². The fourth-order valence-corrected chi connectivity index (χ4v) is 4.05. The van der Waals surface area contributed by atoms with Crippen LogP contribution in [0.2, 0.25) is 0 Å². The highest BCUT2D eigenvalue weighted by molar-refractivity contribution is 7.87. The number of nitrogens with zero attached hydrogens (tertiary/aromatic N) is 3. The molecule has 0 aliphatic carbocycles. The van der Waals surface area contributed by atoms with Crippen LogP contribution in [0.25, 0.3) is 0 Å². The lowest BCUT2D eigenvalue weighted by molar-refractivity contribution is 0.335. The van der Waals surface area contributed by atoms with Crippen LogP contribution in [-0.4, -0.2) is 29.2 Å². The van der Waals surface area contributed by atoms with Gasteiger partial charge in [-0.3, -0.25) is 0 Å². The summed E-state index contributed by atoms with van der Waals surface area (Å²) in [4.78, 5) is 8.19. The van der Waals surface area contributed by atoms with Gasteiger partial charge in [0.1, 0.15) is 11.6 Å². The van der Waals surface area contributed by atoms with E-state index in [9.17, 15) is 8.42 Å². The summed E-state index contributed by atoms with van der Waals surface area (Å²) >= 11 is 0. The van der Waals surface area contributed by atoms with E-state index in [2.05, 4.69) is 14.7 Å². The molecule has 1 saturated heterocycles. The van der Waals surface area contributed by atoms with Crippen molar-refractivity contribution in [1.29, 1.82) is 0 Å². The Morgan fingerprint density at radius 3 is 3.05 bits per heavy atom. The summed E-state index contributed by atoms with van der Waals surface area (Å²) < 4.78 is 34.5. The Kier molecular flexibility index (Phi) is 4.23. The van der Waals surface area contributed by atoms with Gasteiger partial charge < -0.3 is 4.42 Å². The minimum absolute atomic E-state index is 0.146. The van der Waals surface area contributed by atoms with Crippen LogP contribution in [0, 0.1) is 6.92 Å². The number of aromatic nitrogens is 2. The molecule has 1 unspecified atom stereocenters. The third-order valence-electron chi connectivity index (χ3n) is 3.65. The van der Waals surface area contributed by atoms with Crippen LogP contribution in [0.1, 0.15) is 36.2 Å². The molecule has 1 aliphatic rings. The Hall–Kier alpha value is -1.77. The first-order valence-corrected chi connectivity index (χ1v) is 8.58. The smallest absolute Gasteiger partial charge is 0.280 e. The van der Waals surface area contributed by atoms with Crippen LogP contribution >= 0.6 is 0 Å². The normalized spacial score (nSPS) is 19.6. The summed E-state index contributed by atoms with van der Waals surface area (Å²) in [5.74, 6) is 1.30. The predicted octanol–water partition coefficient (Wildman–Crippen LogP) is 1.55. The minimum atomic E-state index is -3.58. The molecule has 1 atom stereocenters. The van der Waals surface area contributed by atoms with Crippen LogP contribution in [0.15, 0.2) is 35.1 Å². The quantitative estimate of drug-likeness (QED) is 0.902. The van der Waals surface area contributed by atoms with E-state index < -0.39 is 10.2 Å². The maximum atomic E-state index is 12.5. The van der Waals surface area contributed by atoms with Crippen molar-refractivity contribution in [2.45, 2.75) is 32.4 Å². The molecule has 22 heavy (non-hydrogen) atoms. The molecule has 8 heteroatoms. The van der Waals surface area contributed by atoms with E-state index in [4.69, 9.17) is 4.42 Å². The number of nitrogens with one attached hydrogen (secondary N) is 1. The third-order valence-corrected chi connectivity index (χ3v) is 5.22. The lowest BCUT2D eigenvalue weighted by Gasteiger charge is -2.22. The summed E-state index contributed by atoms with van der Waals surface area (Å²) in [6, 6.07) is 5.05. The molecule has 0 radical (unpaired) electrons. The van der Waals surface area contributed by atoms with Crippen molar-refractivity contribution in [2.75, 3.05) is 6.54 Å². The van der Waals surface area contributed by atoms with Crippen molar-refractivity contribution in [3.63, 3.8) is 0 Å². The summed E-state index contributed by atoms with van der Waals surface area (Å²) in [6.07, 6.45) is 4.77. The monoisotopic (exact) mass is 322 g/mol. The average Bonchev–Trinajstić information content (AvgIpc) is 3.16. The molecule has 2 aromatic heterocycles. The maximum absolute atomic E-state index is 12.5. The van der Waals surface area contributed by atoms with Gasteiger partial charge >= 0.3 is 0 Å². The Morgan fingerprint density at radius 2 is 2.32 bits per heavy atom. The summed E-state index contributed by atoms with van der Waals surface area (Å²) in [7, 11) is -3.58. The van der Waals surface area contributed by atoms with Gasteiger partial charge in [-0.2, -0.15) is 17.4 Å². The minimum Gasteiger partial charge on any atom is -0.468 e. The molecule has 1 fully saturated rings. The molecule has 0 aromatic carbocycles. The molecular weight excluding hydrogens is 304 g/mol. The first kappa shape index (κ1) is 15.1. The van der Waals surface area contributed by atoms with E-state index in [1.807, 2.05) is 6.07 Å².